The highest BCUT2D eigenvalue weighted by molar-refractivity contribution is 6.00. The highest BCUT2D eigenvalue weighted by Crippen LogP contribution is 2.25. The van der Waals surface area contributed by atoms with Gasteiger partial charge in [0.05, 0.1) is 6.42 Å². The summed E-state index contributed by atoms with van der Waals surface area (Å²) >= 11 is 0. The second kappa shape index (κ2) is 4.15. The quantitative estimate of drug-likeness (QED) is 0.682. The first-order chi connectivity index (χ1) is 8.74. The van der Waals surface area contributed by atoms with Crippen LogP contribution in [0.3, 0.4) is 0 Å². The molecule has 0 unspecified atom stereocenters. The van der Waals surface area contributed by atoms with E-state index in [4.69, 9.17) is 5.73 Å². The van der Waals surface area contributed by atoms with Gasteiger partial charge in [-0.3, -0.25) is 4.79 Å². The summed E-state index contributed by atoms with van der Waals surface area (Å²) in [5.41, 5.74) is 6.28. The molecule has 0 aliphatic heterocycles. The Hall–Kier alpha value is -2.35. The molecule has 0 atom stereocenters. The van der Waals surface area contributed by atoms with E-state index < -0.39 is 0 Å². The van der Waals surface area contributed by atoms with Gasteiger partial charge >= 0.3 is 0 Å². The molecule has 0 aliphatic rings. The Balaban J connectivity index is 2.32. The first kappa shape index (κ1) is 10.8. The number of nitrogens with two attached hydrogens (primary N) is 1. The summed E-state index contributed by atoms with van der Waals surface area (Å²) in [6.07, 6.45) is 0.287. The summed E-state index contributed by atoms with van der Waals surface area (Å²) in [7, 11) is 0. The molecular weight excluding hydrogens is 222 g/mol. The zero-order chi connectivity index (χ0) is 12.5. The third kappa shape index (κ3) is 1.82. The predicted octanol–water partition coefficient (Wildman–Crippen LogP) is 3.02. The summed E-state index contributed by atoms with van der Waals surface area (Å²) in [6, 6.07) is 18.5. The molecule has 3 aromatic rings. The average molecular weight is 235 g/mol. The molecule has 0 radical (unpaired) electrons. The van der Waals surface area contributed by atoms with Crippen molar-refractivity contribution in [2.75, 3.05) is 0 Å². The van der Waals surface area contributed by atoms with E-state index in [1.807, 2.05) is 24.3 Å². The van der Waals surface area contributed by atoms with Crippen LogP contribution >= 0.6 is 0 Å². The molecule has 0 aliphatic carbocycles. The molecule has 2 N–H and O–H groups in total. The normalized spacial score (nSPS) is 10.9. The zero-order valence-corrected chi connectivity index (χ0v) is 9.89. The van der Waals surface area contributed by atoms with E-state index in [-0.39, 0.29) is 12.3 Å². The van der Waals surface area contributed by atoms with E-state index >= 15 is 0 Å². The van der Waals surface area contributed by atoms with Crippen LogP contribution in [0.4, 0.5) is 0 Å². The monoisotopic (exact) mass is 235 g/mol. The van der Waals surface area contributed by atoms with Crippen LogP contribution in [-0.2, 0) is 11.2 Å². The van der Waals surface area contributed by atoms with Crippen LogP contribution in [0.5, 0.6) is 0 Å². The Morgan fingerprint density at radius 1 is 0.889 bits per heavy atom. The van der Waals surface area contributed by atoms with E-state index in [1.165, 1.54) is 10.8 Å². The lowest BCUT2D eigenvalue weighted by molar-refractivity contribution is -0.117. The number of rotatable bonds is 2. The molecule has 0 spiro atoms. The van der Waals surface area contributed by atoms with Crippen molar-refractivity contribution >= 4 is 27.5 Å². The minimum absolute atomic E-state index is 0.287. The van der Waals surface area contributed by atoms with E-state index in [1.54, 1.807) is 0 Å². The largest absolute Gasteiger partial charge is 0.369 e. The van der Waals surface area contributed by atoms with Crippen molar-refractivity contribution in [2.45, 2.75) is 6.42 Å². The van der Waals surface area contributed by atoms with Gasteiger partial charge in [-0.15, -0.1) is 0 Å². The van der Waals surface area contributed by atoms with Gasteiger partial charge in [0, 0.05) is 0 Å². The van der Waals surface area contributed by atoms with Gasteiger partial charge in [-0.2, -0.15) is 0 Å². The lowest BCUT2D eigenvalue weighted by Gasteiger charge is -2.07. The Morgan fingerprint density at radius 2 is 1.56 bits per heavy atom. The van der Waals surface area contributed by atoms with Gasteiger partial charge in [0.2, 0.25) is 5.91 Å². The molecule has 0 saturated carbocycles. The Bertz CT molecular complexity index is 746. The van der Waals surface area contributed by atoms with Gasteiger partial charge in [-0.1, -0.05) is 42.5 Å². The first-order valence-electron chi connectivity index (χ1n) is 5.93. The molecule has 18 heavy (non-hydrogen) atoms. The van der Waals surface area contributed by atoms with Crippen LogP contribution in [0.25, 0.3) is 21.5 Å². The molecule has 2 heteroatoms. The highest BCUT2D eigenvalue weighted by Gasteiger charge is 2.05. The molecule has 88 valence electrons. The maximum absolute atomic E-state index is 11.1. The Labute approximate surface area is 105 Å². The first-order valence-corrected chi connectivity index (χ1v) is 5.93. The second-order valence-electron chi connectivity index (χ2n) is 4.48. The average Bonchev–Trinajstić information content (AvgIpc) is 2.36. The zero-order valence-electron chi connectivity index (χ0n) is 9.89. The summed E-state index contributed by atoms with van der Waals surface area (Å²) in [4.78, 5) is 11.1. The molecule has 0 aromatic heterocycles. The third-order valence-corrected chi connectivity index (χ3v) is 3.20. The van der Waals surface area contributed by atoms with Crippen LogP contribution in [-0.4, -0.2) is 5.91 Å². The summed E-state index contributed by atoms with van der Waals surface area (Å²) in [6.45, 7) is 0. The van der Waals surface area contributed by atoms with Crippen molar-refractivity contribution in [3.05, 3.63) is 60.2 Å². The molecular formula is C16H13NO. The number of amides is 1. The molecule has 0 fully saturated rings. The van der Waals surface area contributed by atoms with E-state index in [0.717, 1.165) is 16.3 Å². The Morgan fingerprint density at radius 3 is 2.28 bits per heavy atom. The van der Waals surface area contributed by atoms with Crippen molar-refractivity contribution in [2.24, 2.45) is 5.73 Å². The number of carbonyl (C=O) groups is 1. The molecule has 0 heterocycles. The number of benzene rings is 3. The van der Waals surface area contributed by atoms with Gasteiger partial charge < -0.3 is 5.73 Å². The fourth-order valence-electron chi connectivity index (χ4n) is 2.37. The van der Waals surface area contributed by atoms with E-state index in [0.29, 0.717) is 0 Å². The van der Waals surface area contributed by atoms with Crippen molar-refractivity contribution in [1.29, 1.82) is 0 Å². The third-order valence-electron chi connectivity index (χ3n) is 3.20. The van der Waals surface area contributed by atoms with Crippen LogP contribution in [0, 0.1) is 0 Å². The summed E-state index contributed by atoms with van der Waals surface area (Å²) in [5, 5.41) is 4.64. The van der Waals surface area contributed by atoms with Crippen molar-refractivity contribution in [3.8, 4) is 0 Å². The van der Waals surface area contributed by atoms with Gasteiger partial charge in [-0.25, -0.2) is 0 Å². The Kier molecular flexibility index (Phi) is 2.49. The van der Waals surface area contributed by atoms with Crippen LogP contribution in [0.15, 0.2) is 54.6 Å². The lowest BCUT2D eigenvalue weighted by atomic mass is 9.98. The second-order valence-corrected chi connectivity index (χ2v) is 4.48. The minimum Gasteiger partial charge on any atom is -0.369 e. The van der Waals surface area contributed by atoms with Crippen molar-refractivity contribution < 1.29 is 4.79 Å². The molecule has 0 bridgehead atoms. The number of carbonyl (C=O) groups excluding carboxylic acids is 1. The van der Waals surface area contributed by atoms with Crippen LogP contribution < -0.4 is 5.73 Å². The van der Waals surface area contributed by atoms with Gasteiger partial charge in [0.25, 0.3) is 0 Å². The number of fused-ring (bicyclic) bond motifs is 2. The smallest absolute Gasteiger partial charge is 0.221 e. The maximum atomic E-state index is 11.1. The van der Waals surface area contributed by atoms with Crippen molar-refractivity contribution in [1.82, 2.24) is 0 Å². The predicted molar refractivity (Wildman–Crippen MR) is 74.4 cm³/mol. The summed E-state index contributed by atoms with van der Waals surface area (Å²) in [5.74, 6) is -0.296. The SMILES string of the molecule is NC(=O)Cc1cccc2cc3ccccc3cc12. The van der Waals surface area contributed by atoms with Crippen molar-refractivity contribution in [3.63, 3.8) is 0 Å². The number of primary amides is 1. The fourth-order valence-corrected chi connectivity index (χ4v) is 2.37. The van der Waals surface area contributed by atoms with Gasteiger partial charge in [-0.05, 0) is 39.2 Å². The fraction of sp³-hybridized carbons (Fsp3) is 0.0625. The molecule has 3 rings (SSSR count). The molecule has 1 amide bonds. The standard InChI is InChI=1S/C16H13NO/c17-16(18)10-14-7-3-6-13-8-11-4-1-2-5-12(11)9-15(13)14/h1-9H,10H2,(H2,17,18). The molecule has 3 aromatic carbocycles. The van der Waals surface area contributed by atoms with Gasteiger partial charge in [0.1, 0.15) is 0 Å². The summed E-state index contributed by atoms with van der Waals surface area (Å²) < 4.78 is 0. The number of hydrogen-bond donors (Lipinski definition) is 1. The van der Waals surface area contributed by atoms with E-state index in [9.17, 15) is 4.79 Å². The highest BCUT2D eigenvalue weighted by atomic mass is 16.1. The van der Waals surface area contributed by atoms with Crippen LogP contribution in [0.2, 0.25) is 0 Å². The molecule has 0 saturated heterocycles. The van der Waals surface area contributed by atoms with E-state index in [2.05, 4.69) is 30.3 Å². The van der Waals surface area contributed by atoms with Gasteiger partial charge in [0.15, 0.2) is 0 Å². The minimum atomic E-state index is -0.296. The number of hydrogen-bond acceptors (Lipinski definition) is 1. The molecule has 2 nitrogen and oxygen atoms in total. The lowest BCUT2D eigenvalue weighted by Crippen LogP contribution is -2.13. The maximum Gasteiger partial charge on any atom is 0.221 e. The van der Waals surface area contributed by atoms with Crippen LogP contribution in [0.1, 0.15) is 5.56 Å². The topological polar surface area (TPSA) is 43.1 Å².